The van der Waals surface area contributed by atoms with Crippen LogP contribution in [0.5, 0.6) is 0 Å². The Labute approximate surface area is 196 Å². The largest absolute Gasteiger partial charge is 0.374 e. The molecule has 2 N–H and O–H groups in total. The van der Waals surface area contributed by atoms with Crippen LogP contribution in [0.15, 0.2) is 22.3 Å². The highest BCUT2D eigenvalue weighted by Gasteiger charge is 2.46. The summed E-state index contributed by atoms with van der Waals surface area (Å²) in [5.41, 5.74) is 7.97. The van der Waals surface area contributed by atoms with Crippen LogP contribution in [0.4, 0.5) is 11.6 Å². The first-order valence-electron chi connectivity index (χ1n) is 12.0. The van der Waals surface area contributed by atoms with Crippen molar-refractivity contribution in [3.05, 3.63) is 40.1 Å². The maximum absolute atomic E-state index is 5.84. The monoisotopic (exact) mass is 464 g/mol. The molecule has 0 spiro atoms. The van der Waals surface area contributed by atoms with Gasteiger partial charge in [0.1, 0.15) is 5.03 Å². The van der Waals surface area contributed by atoms with Crippen LogP contribution in [0.1, 0.15) is 59.7 Å². The standard InChI is InChI=1S/C24H28N6O2S/c1-31-24(12-32-13-24)19-11-20(29-30(19)16-8-9-16)33-23-26-22(27-28-23)25-21-17-6-2-4-14(17)10-15-5-3-7-18(15)21/h10-11,16H,2-9,12-13H2,1H3,(H2,25,26,27,28). The minimum Gasteiger partial charge on any atom is -0.374 e. The minimum absolute atomic E-state index is 0.381. The van der Waals surface area contributed by atoms with E-state index >= 15 is 0 Å². The summed E-state index contributed by atoms with van der Waals surface area (Å²) < 4.78 is 13.5. The van der Waals surface area contributed by atoms with Gasteiger partial charge in [-0.05, 0) is 91.4 Å². The average molecular weight is 465 g/mol. The zero-order valence-corrected chi connectivity index (χ0v) is 19.6. The molecule has 0 amide bonds. The first-order valence-corrected chi connectivity index (χ1v) is 12.8. The minimum atomic E-state index is -0.381. The molecule has 9 heteroatoms. The molecule has 3 aromatic rings. The molecule has 1 saturated carbocycles. The maximum atomic E-state index is 5.84. The fraction of sp³-hybridized carbons (Fsp3) is 0.542. The number of aromatic nitrogens is 5. The van der Waals surface area contributed by atoms with Gasteiger partial charge in [0.15, 0.2) is 5.60 Å². The molecule has 0 atom stereocenters. The second-order valence-electron chi connectivity index (χ2n) is 9.66. The summed E-state index contributed by atoms with van der Waals surface area (Å²) in [6, 6.07) is 5.04. The van der Waals surface area contributed by atoms with Gasteiger partial charge in [0.25, 0.3) is 0 Å². The van der Waals surface area contributed by atoms with Crippen LogP contribution in [0.25, 0.3) is 0 Å². The number of methoxy groups -OCH3 is 1. The number of hydrogen-bond donors (Lipinski definition) is 2. The van der Waals surface area contributed by atoms with Gasteiger partial charge < -0.3 is 14.8 Å². The third-order valence-corrected chi connectivity index (χ3v) is 8.29. The van der Waals surface area contributed by atoms with E-state index < -0.39 is 0 Å². The van der Waals surface area contributed by atoms with Crippen LogP contribution < -0.4 is 5.32 Å². The Hall–Kier alpha value is -2.36. The Balaban J connectivity index is 1.15. The van der Waals surface area contributed by atoms with E-state index in [1.165, 1.54) is 78.2 Å². The van der Waals surface area contributed by atoms with Crippen molar-refractivity contribution >= 4 is 23.4 Å². The Morgan fingerprint density at radius 2 is 1.88 bits per heavy atom. The molecule has 1 saturated heterocycles. The lowest BCUT2D eigenvalue weighted by atomic mass is 9.97. The summed E-state index contributed by atoms with van der Waals surface area (Å²) in [6.07, 6.45) is 9.48. The molecule has 3 heterocycles. The van der Waals surface area contributed by atoms with E-state index in [1.54, 1.807) is 7.11 Å². The van der Waals surface area contributed by atoms with Gasteiger partial charge in [0.2, 0.25) is 11.1 Å². The number of hydrogen-bond acceptors (Lipinski definition) is 7. The Morgan fingerprint density at radius 1 is 1.12 bits per heavy atom. The molecule has 0 bridgehead atoms. The zero-order chi connectivity index (χ0) is 22.0. The third-order valence-electron chi connectivity index (χ3n) is 7.51. The molecular formula is C24H28N6O2S. The number of fused-ring (bicyclic) bond motifs is 2. The highest BCUT2D eigenvalue weighted by molar-refractivity contribution is 7.99. The zero-order valence-electron chi connectivity index (χ0n) is 18.8. The van der Waals surface area contributed by atoms with Crippen LogP contribution in [0.3, 0.4) is 0 Å². The second kappa shape index (κ2) is 7.58. The van der Waals surface area contributed by atoms with Crippen molar-refractivity contribution in [3.8, 4) is 0 Å². The molecule has 33 heavy (non-hydrogen) atoms. The quantitative estimate of drug-likeness (QED) is 0.544. The highest BCUT2D eigenvalue weighted by atomic mass is 32.2. The molecule has 2 aromatic heterocycles. The summed E-state index contributed by atoms with van der Waals surface area (Å²) in [5, 5.41) is 17.6. The lowest BCUT2D eigenvalue weighted by Gasteiger charge is -2.40. The number of aryl methyl sites for hydroxylation is 2. The number of nitrogens with one attached hydrogen (secondary N) is 2. The summed E-state index contributed by atoms with van der Waals surface area (Å²) in [7, 11) is 1.75. The average Bonchev–Trinajstić information content (AvgIpc) is 3.19. The Bertz CT molecular complexity index is 1190. The van der Waals surface area contributed by atoms with Gasteiger partial charge in [-0.3, -0.25) is 4.68 Å². The highest BCUT2D eigenvalue weighted by Crippen LogP contribution is 2.43. The van der Waals surface area contributed by atoms with E-state index in [-0.39, 0.29) is 5.60 Å². The number of benzene rings is 1. The number of anilines is 2. The van der Waals surface area contributed by atoms with E-state index in [1.807, 2.05) is 0 Å². The number of aromatic amines is 1. The Kier molecular flexibility index (Phi) is 4.60. The lowest BCUT2D eigenvalue weighted by Crippen LogP contribution is -2.49. The third kappa shape index (κ3) is 3.32. The van der Waals surface area contributed by atoms with E-state index in [0.29, 0.717) is 30.4 Å². The molecule has 172 valence electrons. The van der Waals surface area contributed by atoms with Crippen molar-refractivity contribution in [1.82, 2.24) is 25.0 Å². The van der Waals surface area contributed by atoms with E-state index in [9.17, 15) is 0 Å². The summed E-state index contributed by atoms with van der Waals surface area (Å²) in [5.74, 6) is 0.703. The molecule has 1 aromatic carbocycles. The summed E-state index contributed by atoms with van der Waals surface area (Å²) >= 11 is 1.49. The van der Waals surface area contributed by atoms with E-state index in [4.69, 9.17) is 19.6 Å². The van der Waals surface area contributed by atoms with Crippen LogP contribution in [-0.2, 0) is 40.8 Å². The summed E-state index contributed by atoms with van der Waals surface area (Å²) in [4.78, 5) is 4.75. The van der Waals surface area contributed by atoms with Gasteiger partial charge in [-0.15, -0.1) is 5.10 Å². The topological polar surface area (TPSA) is 89.9 Å². The van der Waals surface area contributed by atoms with Crippen molar-refractivity contribution in [1.29, 1.82) is 0 Å². The first kappa shape index (κ1) is 20.1. The van der Waals surface area contributed by atoms with Crippen LogP contribution in [-0.4, -0.2) is 45.3 Å². The van der Waals surface area contributed by atoms with Gasteiger partial charge in [-0.25, -0.2) is 5.10 Å². The van der Waals surface area contributed by atoms with E-state index in [0.717, 1.165) is 23.6 Å². The van der Waals surface area contributed by atoms with Crippen molar-refractivity contribution in [2.24, 2.45) is 0 Å². The fourth-order valence-corrected chi connectivity index (χ4v) is 6.26. The molecule has 8 nitrogen and oxygen atoms in total. The van der Waals surface area contributed by atoms with Gasteiger partial charge >= 0.3 is 0 Å². The lowest BCUT2D eigenvalue weighted by molar-refractivity contribution is -0.206. The molecule has 7 rings (SSSR count). The SMILES string of the molecule is COC1(c2cc(Sc3n[nH]c(Nc4c5c(cc6c4CCC6)CCC5)n3)nn2C2CC2)COC1. The van der Waals surface area contributed by atoms with Gasteiger partial charge in [0.05, 0.1) is 24.9 Å². The van der Waals surface area contributed by atoms with Gasteiger partial charge in [-0.2, -0.15) is 10.1 Å². The number of H-pyrrole nitrogens is 1. The van der Waals surface area contributed by atoms with Crippen LogP contribution in [0, 0.1) is 0 Å². The smallest absolute Gasteiger partial charge is 0.224 e. The molecule has 4 aliphatic rings. The Morgan fingerprint density at radius 3 is 2.52 bits per heavy atom. The maximum Gasteiger partial charge on any atom is 0.224 e. The fourth-order valence-electron chi connectivity index (χ4n) is 5.54. The number of ether oxygens (including phenoxy) is 2. The van der Waals surface area contributed by atoms with Crippen LogP contribution >= 0.6 is 11.8 Å². The normalized spacial score (nSPS) is 20.5. The predicted octanol–water partition coefficient (Wildman–Crippen LogP) is 4.08. The molecular weight excluding hydrogens is 436 g/mol. The summed E-state index contributed by atoms with van der Waals surface area (Å²) in [6.45, 7) is 1.15. The second-order valence-corrected chi connectivity index (χ2v) is 10.7. The molecule has 2 fully saturated rings. The van der Waals surface area contributed by atoms with Gasteiger partial charge in [-0.1, -0.05) is 6.07 Å². The van der Waals surface area contributed by atoms with Crippen molar-refractivity contribution < 1.29 is 9.47 Å². The molecule has 0 radical (unpaired) electrons. The number of nitrogens with zero attached hydrogens (tertiary/aromatic N) is 4. The first-order chi connectivity index (χ1) is 16.2. The van der Waals surface area contributed by atoms with Crippen LogP contribution in [0.2, 0.25) is 0 Å². The molecule has 0 unspecified atom stereocenters. The van der Waals surface area contributed by atoms with Crippen molar-refractivity contribution in [3.63, 3.8) is 0 Å². The molecule has 1 aliphatic heterocycles. The van der Waals surface area contributed by atoms with Crippen molar-refractivity contribution in [2.45, 2.75) is 73.2 Å². The number of rotatable bonds is 7. The van der Waals surface area contributed by atoms with E-state index in [2.05, 4.69) is 32.3 Å². The predicted molar refractivity (Wildman–Crippen MR) is 124 cm³/mol. The van der Waals surface area contributed by atoms with Crippen molar-refractivity contribution in [2.75, 3.05) is 25.6 Å². The van der Waals surface area contributed by atoms with Gasteiger partial charge in [0, 0.05) is 12.8 Å². The molecule has 3 aliphatic carbocycles.